The molecule has 0 bridgehead atoms. The van der Waals surface area contributed by atoms with E-state index < -0.39 is 0 Å². The lowest BCUT2D eigenvalue weighted by atomic mass is 10.0. The van der Waals surface area contributed by atoms with Crippen LogP contribution >= 0.6 is 15.9 Å². The van der Waals surface area contributed by atoms with E-state index in [0.717, 1.165) is 46.2 Å². The van der Waals surface area contributed by atoms with Crippen molar-refractivity contribution in [2.75, 3.05) is 12.4 Å². The third kappa shape index (κ3) is 2.98. The number of carbonyl (C=O) groups is 1. The Balaban J connectivity index is 2.10. The molecule has 1 aromatic heterocycles. The van der Waals surface area contributed by atoms with Crippen LogP contribution in [0, 0.1) is 6.92 Å². The van der Waals surface area contributed by atoms with Gasteiger partial charge in [-0.3, -0.25) is 4.79 Å². The Bertz CT molecular complexity index is 865. The highest BCUT2D eigenvalue weighted by Gasteiger charge is 2.20. The summed E-state index contributed by atoms with van der Waals surface area (Å²) in [6.07, 6.45) is 1.02. The molecule has 0 saturated carbocycles. The average molecular weight is 386 g/mol. The van der Waals surface area contributed by atoms with Crippen LogP contribution in [0.25, 0.3) is 10.9 Å². The molecule has 0 aliphatic heterocycles. The number of methoxy groups -OCH3 is 1. The summed E-state index contributed by atoms with van der Waals surface area (Å²) in [5.41, 5.74) is 3.62. The maximum Gasteiger partial charge on any atom is 0.195 e. The number of hydrogen-bond acceptors (Lipinski definition) is 2. The number of rotatable bonds is 6. The molecule has 0 atom stereocenters. The Hall–Kier alpha value is -2.07. The number of para-hydroxylation sites is 1. The molecule has 124 valence electrons. The molecule has 4 heteroatoms. The molecule has 0 spiro atoms. The van der Waals surface area contributed by atoms with Crippen molar-refractivity contribution >= 4 is 32.6 Å². The lowest BCUT2D eigenvalue weighted by molar-refractivity contribution is 0.103. The Labute approximate surface area is 150 Å². The van der Waals surface area contributed by atoms with E-state index in [1.54, 1.807) is 7.11 Å². The van der Waals surface area contributed by atoms with Gasteiger partial charge < -0.3 is 9.30 Å². The maximum atomic E-state index is 13.1. The number of carbonyl (C=O) groups excluding carboxylic acids is 1. The van der Waals surface area contributed by atoms with E-state index in [1.165, 1.54) is 0 Å². The van der Waals surface area contributed by atoms with Crippen molar-refractivity contribution in [2.24, 2.45) is 0 Å². The highest BCUT2D eigenvalue weighted by molar-refractivity contribution is 9.09. The van der Waals surface area contributed by atoms with Crippen LogP contribution in [-0.2, 0) is 6.54 Å². The fourth-order valence-corrected chi connectivity index (χ4v) is 3.36. The van der Waals surface area contributed by atoms with Gasteiger partial charge >= 0.3 is 0 Å². The lowest BCUT2D eigenvalue weighted by Gasteiger charge is -2.07. The summed E-state index contributed by atoms with van der Waals surface area (Å²) in [6, 6.07) is 15.4. The SMILES string of the molecule is COc1ccc(C(=O)c2c(C)n(CCCBr)c3ccccc23)cc1. The predicted octanol–water partition coefficient (Wildman–Crippen LogP) is 4.97. The number of alkyl halides is 1. The van der Waals surface area contributed by atoms with E-state index in [1.807, 2.05) is 49.4 Å². The molecule has 0 unspecified atom stereocenters. The largest absolute Gasteiger partial charge is 0.497 e. The first kappa shape index (κ1) is 16.8. The predicted molar refractivity (Wildman–Crippen MR) is 102 cm³/mol. The number of benzene rings is 2. The second-order valence-corrected chi connectivity index (χ2v) is 6.52. The zero-order chi connectivity index (χ0) is 17.1. The van der Waals surface area contributed by atoms with Crippen LogP contribution in [0.3, 0.4) is 0 Å². The van der Waals surface area contributed by atoms with Crippen LogP contribution in [0.5, 0.6) is 5.75 Å². The van der Waals surface area contributed by atoms with Crippen molar-refractivity contribution in [3.63, 3.8) is 0 Å². The number of ether oxygens (including phenoxy) is 1. The molecule has 0 fully saturated rings. The summed E-state index contributed by atoms with van der Waals surface area (Å²) in [6.45, 7) is 2.93. The summed E-state index contributed by atoms with van der Waals surface area (Å²) in [5.74, 6) is 0.812. The molecule has 0 saturated heterocycles. The van der Waals surface area contributed by atoms with E-state index in [-0.39, 0.29) is 5.78 Å². The van der Waals surface area contributed by atoms with Crippen molar-refractivity contribution in [3.8, 4) is 5.75 Å². The molecular weight excluding hydrogens is 366 g/mol. The quantitative estimate of drug-likeness (QED) is 0.442. The first-order valence-electron chi connectivity index (χ1n) is 8.00. The van der Waals surface area contributed by atoms with Crippen LogP contribution in [0.2, 0.25) is 0 Å². The molecule has 0 aliphatic carbocycles. The Morgan fingerprint density at radius 1 is 1.12 bits per heavy atom. The number of aromatic nitrogens is 1. The van der Waals surface area contributed by atoms with Crippen LogP contribution in [0.4, 0.5) is 0 Å². The van der Waals surface area contributed by atoms with Crippen LogP contribution in [0.15, 0.2) is 48.5 Å². The zero-order valence-electron chi connectivity index (χ0n) is 13.9. The van der Waals surface area contributed by atoms with Crippen molar-refractivity contribution in [3.05, 3.63) is 65.4 Å². The van der Waals surface area contributed by atoms with E-state index in [4.69, 9.17) is 4.74 Å². The highest BCUT2D eigenvalue weighted by Crippen LogP contribution is 2.29. The molecule has 0 amide bonds. The van der Waals surface area contributed by atoms with Crippen LogP contribution in [-0.4, -0.2) is 22.8 Å². The minimum atomic E-state index is 0.0592. The Morgan fingerprint density at radius 3 is 2.50 bits per heavy atom. The van der Waals surface area contributed by atoms with Gasteiger partial charge in [-0.15, -0.1) is 0 Å². The molecular formula is C20H20BrNO2. The standard InChI is InChI=1S/C20H20BrNO2/c1-14-19(20(23)15-8-10-16(24-2)11-9-15)17-6-3-4-7-18(17)22(14)13-5-12-21/h3-4,6-11H,5,12-13H2,1-2H3. The molecule has 0 aliphatic rings. The number of hydrogen-bond donors (Lipinski definition) is 0. The van der Waals surface area contributed by atoms with Crippen molar-refractivity contribution < 1.29 is 9.53 Å². The summed E-state index contributed by atoms with van der Waals surface area (Å²) in [4.78, 5) is 13.1. The van der Waals surface area contributed by atoms with Crippen molar-refractivity contribution in [1.29, 1.82) is 0 Å². The van der Waals surface area contributed by atoms with E-state index in [0.29, 0.717) is 5.56 Å². The summed E-state index contributed by atoms with van der Waals surface area (Å²) >= 11 is 3.49. The lowest BCUT2D eigenvalue weighted by Crippen LogP contribution is -2.06. The first-order chi connectivity index (χ1) is 11.7. The molecule has 24 heavy (non-hydrogen) atoms. The summed E-state index contributed by atoms with van der Waals surface area (Å²) in [7, 11) is 1.62. The van der Waals surface area contributed by atoms with Crippen molar-refractivity contribution in [2.45, 2.75) is 19.9 Å². The second kappa shape index (κ2) is 7.22. The number of nitrogens with zero attached hydrogens (tertiary/aromatic N) is 1. The number of aryl methyl sites for hydroxylation is 1. The molecule has 2 aromatic carbocycles. The van der Waals surface area contributed by atoms with Gasteiger partial charge in [0.05, 0.1) is 12.7 Å². The monoisotopic (exact) mass is 385 g/mol. The third-order valence-electron chi connectivity index (χ3n) is 4.33. The molecule has 0 radical (unpaired) electrons. The van der Waals surface area contributed by atoms with Gasteiger partial charge in [0, 0.05) is 34.0 Å². The number of halogens is 1. The maximum absolute atomic E-state index is 13.1. The fraction of sp³-hybridized carbons (Fsp3) is 0.250. The molecule has 3 rings (SSSR count). The molecule has 1 heterocycles. The Morgan fingerprint density at radius 2 is 1.83 bits per heavy atom. The van der Waals surface area contributed by atoms with E-state index >= 15 is 0 Å². The topological polar surface area (TPSA) is 31.2 Å². The van der Waals surface area contributed by atoms with Gasteiger partial charge in [0.2, 0.25) is 0 Å². The third-order valence-corrected chi connectivity index (χ3v) is 4.89. The fourth-order valence-electron chi connectivity index (χ4n) is 3.11. The van der Waals surface area contributed by atoms with Gasteiger partial charge in [-0.1, -0.05) is 34.1 Å². The Kier molecular flexibility index (Phi) is 5.05. The minimum Gasteiger partial charge on any atom is -0.497 e. The first-order valence-corrected chi connectivity index (χ1v) is 9.12. The van der Waals surface area contributed by atoms with Gasteiger partial charge in [-0.2, -0.15) is 0 Å². The van der Waals surface area contributed by atoms with Gasteiger partial charge in [0.25, 0.3) is 0 Å². The molecule has 0 N–H and O–H groups in total. The smallest absolute Gasteiger partial charge is 0.195 e. The van der Waals surface area contributed by atoms with E-state index in [9.17, 15) is 4.79 Å². The molecule has 3 nitrogen and oxygen atoms in total. The number of fused-ring (bicyclic) bond motifs is 1. The highest BCUT2D eigenvalue weighted by atomic mass is 79.9. The van der Waals surface area contributed by atoms with Gasteiger partial charge in [-0.25, -0.2) is 0 Å². The van der Waals surface area contributed by atoms with Gasteiger partial charge in [0.15, 0.2) is 5.78 Å². The minimum absolute atomic E-state index is 0.0592. The number of ketones is 1. The van der Waals surface area contributed by atoms with Gasteiger partial charge in [0.1, 0.15) is 5.75 Å². The van der Waals surface area contributed by atoms with Crippen LogP contribution < -0.4 is 4.74 Å². The van der Waals surface area contributed by atoms with E-state index in [2.05, 4.69) is 26.6 Å². The summed E-state index contributed by atoms with van der Waals surface area (Å²) in [5, 5.41) is 1.96. The summed E-state index contributed by atoms with van der Waals surface area (Å²) < 4.78 is 7.42. The normalized spacial score (nSPS) is 11.0. The average Bonchev–Trinajstić information content (AvgIpc) is 2.91. The zero-order valence-corrected chi connectivity index (χ0v) is 15.5. The van der Waals surface area contributed by atoms with Crippen molar-refractivity contribution in [1.82, 2.24) is 4.57 Å². The molecule has 3 aromatic rings. The van der Waals surface area contributed by atoms with Crippen LogP contribution in [0.1, 0.15) is 28.0 Å². The van der Waals surface area contributed by atoms with Gasteiger partial charge in [-0.05, 0) is 43.7 Å². The second-order valence-electron chi connectivity index (χ2n) is 5.73.